The minimum Gasteiger partial charge on any atom is -0.393 e. The fourth-order valence-electron chi connectivity index (χ4n) is 8.65. The van der Waals surface area contributed by atoms with Crippen LogP contribution in [0.2, 0.25) is 0 Å². The van der Waals surface area contributed by atoms with Crippen molar-refractivity contribution in [2.24, 2.45) is 46.8 Å². The van der Waals surface area contributed by atoms with Crippen molar-refractivity contribution in [3.63, 3.8) is 0 Å². The van der Waals surface area contributed by atoms with Gasteiger partial charge in [-0.25, -0.2) is 0 Å². The molecule has 0 aromatic rings. The Balaban J connectivity index is 1.50. The Morgan fingerprint density at radius 3 is 2.52 bits per heavy atom. The zero-order valence-corrected chi connectivity index (χ0v) is 17.1. The molecule has 25 heavy (non-hydrogen) atoms. The standard InChI is InChI=1S/C24H42O/c1-4-6-17-9-11-19-18(15-17)10-12-21-20(19)13-14-24(3)22(16(2)25)7-5-8-23(21)24/h16-23,25H,4-15H2,1-3H3. The lowest BCUT2D eigenvalue weighted by Crippen LogP contribution is -2.54. The summed E-state index contributed by atoms with van der Waals surface area (Å²) in [6, 6.07) is 0. The minimum absolute atomic E-state index is 0.106. The summed E-state index contributed by atoms with van der Waals surface area (Å²) in [5, 5.41) is 10.4. The maximum Gasteiger partial charge on any atom is 0.0545 e. The van der Waals surface area contributed by atoms with Gasteiger partial charge >= 0.3 is 0 Å². The first-order chi connectivity index (χ1) is 12.0. The van der Waals surface area contributed by atoms with Crippen LogP contribution in [0, 0.1) is 46.8 Å². The third-order valence-corrected chi connectivity index (χ3v) is 9.66. The Kier molecular flexibility index (Phi) is 5.26. The lowest BCUT2D eigenvalue weighted by molar-refractivity contribution is -0.131. The van der Waals surface area contributed by atoms with E-state index in [2.05, 4.69) is 20.8 Å². The molecule has 1 nitrogen and oxygen atoms in total. The minimum atomic E-state index is -0.106. The Labute approximate surface area is 156 Å². The maximum absolute atomic E-state index is 10.4. The van der Waals surface area contributed by atoms with Crippen LogP contribution in [0.4, 0.5) is 0 Å². The summed E-state index contributed by atoms with van der Waals surface area (Å²) in [6.45, 7) is 7.00. The Morgan fingerprint density at radius 2 is 1.76 bits per heavy atom. The lowest BCUT2D eigenvalue weighted by Gasteiger charge is -2.61. The maximum atomic E-state index is 10.4. The summed E-state index contributed by atoms with van der Waals surface area (Å²) in [7, 11) is 0. The summed E-state index contributed by atoms with van der Waals surface area (Å²) in [4.78, 5) is 0. The van der Waals surface area contributed by atoms with Crippen molar-refractivity contribution in [1.29, 1.82) is 0 Å². The average Bonchev–Trinajstić information content (AvgIpc) is 2.60. The second-order valence-corrected chi connectivity index (χ2v) is 10.7. The van der Waals surface area contributed by atoms with Crippen LogP contribution >= 0.6 is 0 Å². The number of aliphatic hydroxyl groups excluding tert-OH is 1. The highest BCUT2D eigenvalue weighted by molar-refractivity contribution is 5.05. The molecule has 1 heteroatoms. The first kappa shape index (κ1) is 18.3. The normalized spacial score (nSPS) is 51.1. The van der Waals surface area contributed by atoms with E-state index in [4.69, 9.17) is 0 Å². The monoisotopic (exact) mass is 346 g/mol. The molecule has 0 aliphatic heterocycles. The molecule has 0 heterocycles. The first-order valence-electron chi connectivity index (χ1n) is 11.7. The smallest absolute Gasteiger partial charge is 0.0545 e. The number of hydrogen-bond acceptors (Lipinski definition) is 1. The van der Waals surface area contributed by atoms with E-state index in [-0.39, 0.29) is 6.10 Å². The van der Waals surface area contributed by atoms with Gasteiger partial charge in [0.25, 0.3) is 0 Å². The molecule has 0 aromatic carbocycles. The number of aliphatic hydroxyl groups is 1. The zero-order chi connectivity index (χ0) is 17.6. The van der Waals surface area contributed by atoms with Gasteiger partial charge in [-0.2, -0.15) is 0 Å². The molecule has 1 N–H and O–H groups in total. The van der Waals surface area contributed by atoms with E-state index in [1.807, 2.05) is 0 Å². The fraction of sp³-hybridized carbons (Fsp3) is 1.00. The second kappa shape index (κ2) is 7.17. The lowest BCUT2D eigenvalue weighted by atomic mass is 9.44. The number of rotatable bonds is 3. The topological polar surface area (TPSA) is 20.2 Å². The van der Waals surface area contributed by atoms with Gasteiger partial charge in [0.2, 0.25) is 0 Å². The average molecular weight is 347 g/mol. The van der Waals surface area contributed by atoms with Gasteiger partial charge < -0.3 is 5.11 Å². The van der Waals surface area contributed by atoms with E-state index in [0.29, 0.717) is 11.3 Å². The fourth-order valence-corrected chi connectivity index (χ4v) is 8.65. The third kappa shape index (κ3) is 3.11. The van der Waals surface area contributed by atoms with Gasteiger partial charge in [0.1, 0.15) is 0 Å². The largest absolute Gasteiger partial charge is 0.393 e. The van der Waals surface area contributed by atoms with Gasteiger partial charge in [-0.3, -0.25) is 0 Å². The summed E-state index contributed by atoms with van der Waals surface area (Å²) < 4.78 is 0. The molecule has 0 radical (unpaired) electrons. The highest BCUT2D eigenvalue weighted by Crippen LogP contribution is 2.63. The molecule has 9 atom stereocenters. The van der Waals surface area contributed by atoms with Crippen molar-refractivity contribution in [1.82, 2.24) is 0 Å². The molecule has 0 aromatic heterocycles. The highest BCUT2D eigenvalue weighted by atomic mass is 16.3. The Bertz CT molecular complexity index is 457. The van der Waals surface area contributed by atoms with Crippen LogP contribution in [0.1, 0.15) is 97.8 Å². The predicted molar refractivity (Wildman–Crippen MR) is 105 cm³/mol. The van der Waals surface area contributed by atoms with Crippen LogP contribution in [0.15, 0.2) is 0 Å². The molecule has 4 aliphatic rings. The van der Waals surface area contributed by atoms with Gasteiger partial charge in [-0.05, 0) is 105 Å². The van der Waals surface area contributed by atoms with Crippen LogP contribution in [-0.4, -0.2) is 11.2 Å². The van der Waals surface area contributed by atoms with Crippen molar-refractivity contribution in [2.45, 2.75) is 104 Å². The molecule has 4 aliphatic carbocycles. The molecule has 9 unspecified atom stereocenters. The summed E-state index contributed by atoms with van der Waals surface area (Å²) in [5.41, 5.74) is 0.430. The van der Waals surface area contributed by atoms with Crippen LogP contribution in [0.25, 0.3) is 0 Å². The van der Waals surface area contributed by atoms with Crippen molar-refractivity contribution in [3.8, 4) is 0 Å². The second-order valence-electron chi connectivity index (χ2n) is 10.7. The zero-order valence-electron chi connectivity index (χ0n) is 17.1. The molecule has 0 spiro atoms. The molecule has 0 saturated heterocycles. The van der Waals surface area contributed by atoms with E-state index in [9.17, 15) is 5.11 Å². The Hall–Kier alpha value is -0.0400. The van der Waals surface area contributed by atoms with E-state index in [0.717, 1.165) is 35.5 Å². The quantitative estimate of drug-likeness (QED) is 0.623. The van der Waals surface area contributed by atoms with Gasteiger partial charge in [-0.15, -0.1) is 0 Å². The highest BCUT2D eigenvalue weighted by Gasteiger charge is 2.55. The molecule has 4 saturated carbocycles. The predicted octanol–water partition coefficient (Wildman–Crippen LogP) is 6.44. The molecular weight excluding hydrogens is 304 g/mol. The van der Waals surface area contributed by atoms with Crippen molar-refractivity contribution in [2.75, 3.05) is 0 Å². The molecule has 0 amide bonds. The van der Waals surface area contributed by atoms with Crippen LogP contribution < -0.4 is 0 Å². The van der Waals surface area contributed by atoms with E-state index in [1.165, 1.54) is 64.2 Å². The van der Waals surface area contributed by atoms with E-state index in [1.54, 1.807) is 12.8 Å². The molecular formula is C24H42O. The van der Waals surface area contributed by atoms with Crippen molar-refractivity contribution >= 4 is 0 Å². The molecule has 144 valence electrons. The summed E-state index contributed by atoms with van der Waals surface area (Å²) >= 11 is 0. The van der Waals surface area contributed by atoms with Crippen molar-refractivity contribution < 1.29 is 5.11 Å². The molecule has 0 bridgehead atoms. The van der Waals surface area contributed by atoms with E-state index >= 15 is 0 Å². The van der Waals surface area contributed by atoms with Gasteiger partial charge in [-0.1, -0.05) is 39.5 Å². The van der Waals surface area contributed by atoms with Crippen molar-refractivity contribution in [3.05, 3.63) is 0 Å². The van der Waals surface area contributed by atoms with Gasteiger partial charge in [0, 0.05) is 0 Å². The van der Waals surface area contributed by atoms with Gasteiger partial charge in [0.05, 0.1) is 6.10 Å². The summed E-state index contributed by atoms with van der Waals surface area (Å²) in [5.74, 6) is 6.66. The number of hydrogen-bond donors (Lipinski definition) is 1. The van der Waals surface area contributed by atoms with Crippen LogP contribution in [0.5, 0.6) is 0 Å². The number of fused-ring (bicyclic) bond motifs is 5. The SMILES string of the molecule is CCCC1CCC2C(CCC3C2CCC2(C)C(C(C)O)CCCC32)C1. The van der Waals surface area contributed by atoms with Crippen LogP contribution in [0.3, 0.4) is 0 Å². The third-order valence-electron chi connectivity index (χ3n) is 9.66. The van der Waals surface area contributed by atoms with Gasteiger partial charge in [0.15, 0.2) is 0 Å². The molecule has 4 fully saturated rings. The molecule has 4 rings (SSSR count). The van der Waals surface area contributed by atoms with E-state index < -0.39 is 0 Å². The Morgan fingerprint density at radius 1 is 0.960 bits per heavy atom. The summed E-state index contributed by atoms with van der Waals surface area (Å²) in [6.07, 6.45) is 17.4. The first-order valence-corrected chi connectivity index (χ1v) is 11.7. The van der Waals surface area contributed by atoms with Crippen LogP contribution in [-0.2, 0) is 0 Å².